The van der Waals surface area contributed by atoms with E-state index in [0.717, 1.165) is 85.5 Å². The zero-order valence-corrected chi connectivity index (χ0v) is 31.7. The molecule has 0 saturated carbocycles. The van der Waals surface area contributed by atoms with E-state index in [0.29, 0.717) is 36.8 Å². The lowest BCUT2D eigenvalue weighted by molar-refractivity contribution is 0.00880. The van der Waals surface area contributed by atoms with E-state index in [4.69, 9.17) is 24.3 Å². The zero-order valence-electron chi connectivity index (χ0n) is 31.7. The molecular weight excluding hydrogens is 665 g/mol. The molecule has 10 nitrogen and oxygen atoms in total. The Labute approximate surface area is 313 Å². The van der Waals surface area contributed by atoms with Crippen molar-refractivity contribution in [3.05, 3.63) is 102 Å². The van der Waals surface area contributed by atoms with E-state index < -0.39 is 5.60 Å². The maximum atomic E-state index is 12.6. The number of piperidine rings is 1. The van der Waals surface area contributed by atoms with Crippen LogP contribution < -0.4 is 14.4 Å². The molecule has 3 aromatic carbocycles. The van der Waals surface area contributed by atoms with Gasteiger partial charge in [-0.3, -0.25) is 9.58 Å². The lowest BCUT2D eigenvalue weighted by Crippen LogP contribution is -2.51. The molecule has 1 amide bonds. The standard InChI is InChI=1S/C43H52N6O4/c1-31-27-49(42(50)53-43(2,3)4)21-20-34(31)28-47-22-24-48(25-23-47)35-16-17-36-38(26-35)46(5)45-40(36)37-18-19-39(51-29-32-12-8-6-9-13-32)44-41(37)52-30-33-14-10-7-11-15-33/h6-19,26,31,34H,20-25,27-30H2,1-5H3/t31-,34+/m0/s1. The number of nitrogens with zero attached hydrogens (tertiary/aromatic N) is 6. The van der Waals surface area contributed by atoms with Crippen molar-refractivity contribution in [1.82, 2.24) is 24.6 Å². The molecule has 5 aromatic rings. The summed E-state index contributed by atoms with van der Waals surface area (Å²) < 4.78 is 20.0. The lowest BCUT2D eigenvalue weighted by atomic mass is 9.86. The first-order chi connectivity index (χ1) is 25.6. The van der Waals surface area contributed by atoms with Gasteiger partial charge in [-0.25, -0.2) is 4.79 Å². The summed E-state index contributed by atoms with van der Waals surface area (Å²) in [5.41, 5.74) is 5.58. The van der Waals surface area contributed by atoms with Crippen molar-refractivity contribution in [2.75, 3.05) is 50.7 Å². The maximum absolute atomic E-state index is 12.6. The van der Waals surface area contributed by atoms with Gasteiger partial charge in [0.15, 0.2) is 0 Å². The average Bonchev–Trinajstić information content (AvgIpc) is 3.49. The number of fused-ring (bicyclic) bond motifs is 1. The van der Waals surface area contributed by atoms with Gasteiger partial charge in [-0.1, -0.05) is 67.6 Å². The molecule has 2 fully saturated rings. The first-order valence-electron chi connectivity index (χ1n) is 18.9. The van der Waals surface area contributed by atoms with Crippen LogP contribution in [0.2, 0.25) is 0 Å². The average molecular weight is 717 g/mol. The number of carbonyl (C=O) groups excluding carboxylic acids is 1. The van der Waals surface area contributed by atoms with Gasteiger partial charge in [-0.2, -0.15) is 10.1 Å². The Kier molecular flexibility index (Phi) is 10.9. The highest BCUT2D eigenvalue weighted by molar-refractivity contribution is 5.96. The molecule has 7 rings (SSSR count). The topological polar surface area (TPSA) is 85.2 Å². The molecule has 0 radical (unpaired) electrons. The molecular formula is C43H52N6O4. The minimum absolute atomic E-state index is 0.190. The molecule has 0 bridgehead atoms. The van der Waals surface area contributed by atoms with Gasteiger partial charge in [-0.15, -0.1) is 0 Å². The quantitative estimate of drug-likeness (QED) is 0.145. The van der Waals surface area contributed by atoms with Gasteiger partial charge in [0.1, 0.15) is 24.5 Å². The molecule has 0 aliphatic carbocycles. The smallest absolute Gasteiger partial charge is 0.410 e. The molecule has 278 valence electrons. The predicted octanol–water partition coefficient (Wildman–Crippen LogP) is 7.81. The summed E-state index contributed by atoms with van der Waals surface area (Å²) in [6.07, 6.45) is 0.822. The van der Waals surface area contributed by atoms with Crippen molar-refractivity contribution in [2.24, 2.45) is 18.9 Å². The summed E-state index contributed by atoms with van der Waals surface area (Å²) in [5, 5.41) is 6.05. The largest absolute Gasteiger partial charge is 0.473 e. The molecule has 0 spiro atoms. The summed E-state index contributed by atoms with van der Waals surface area (Å²) in [5.74, 6) is 2.01. The zero-order chi connectivity index (χ0) is 37.0. The number of amides is 1. The van der Waals surface area contributed by atoms with Crippen LogP contribution in [0.25, 0.3) is 22.2 Å². The Morgan fingerprint density at radius 3 is 2.17 bits per heavy atom. The third-order valence-corrected chi connectivity index (χ3v) is 10.3. The monoisotopic (exact) mass is 716 g/mol. The van der Waals surface area contributed by atoms with Crippen molar-refractivity contribution >= 4 is 22.7 Å². The molecule has 2 aliphatic heterocycles. The number of piperazine rings is 1. The third-order valence-electron chi connectivity index (χ3n) is 10.3. The van der Waals surface area contributed by atoms with Gasteiger partial charge in [0.25, 0.3) is 0 Å². The molecule has 0 N–H and O–H groups in total. The fraction of sp³-hybridized carbons (Fsp3) is 0.419. The number of aryl methyl sites for hydroxylation is 1. The Morgan fingerprint density at radius 1 is 0.830 bits per heavy atom. The van der Waals surface area contributed by atoms with Crippen molar-refractivity contribution in [2.45, 2.75) is 52.9 Å². The van der Waals surface area contributed by atoms with E-state index in [2.05, 4.69) is 34.9 Å². The molecule has 2 aliphatic rings. The van der Waals surface area contributed by atoms with E-state index in [1.165, 1.54) is 5.69 Å². The molecule has 2 atom stereocenters. The molecule has 0 unspecified atom stereocenters. The number of aromatic nitrogens is 3. The Bertz CT molecular complexity index is 1990. The SMILES string of the molecule is C[C@H]1CN(C(=O)OC(C)(C)C)CC[C@@H]1CN1CCN(c2ccc3c(-c4ccc(OCc5ccccc5)nc4OCc4ccccc4)nn(C)c3c2)CC1. The lowest BCUT2D eigenvalue weighted by Gasteiger charge is -2.42. The van der Waals surface area contributed by atoms with Gasteiger partial charge in [-0.05, 0) is 74.4 Å². The summed E-state index contributed by atoms with van der Waals surface area (Å²) >= 11 is 0. The first kappa shape index (κ1) is 36.3. The number of ether oxygens (including phenoxy) is 3. The number of benzene rings is 3. The predicted molar refractivity (Wildman–Crippen MR) is 209 cm³/mol. The highest BCUT2D eigenvalue weighted by Gasteiger charge is 2.33. The molecule has 2 saturated heterocycles. The van der Waals surface area contributed by atoms with E-state index in [-0.39, 0.29) is 6.09 Å². The van der Waals surface area contributed by atoms with Crippen LogP contribution in [0.1, 0.15) is 45.2 Å². The molecule has 10 heteroatoms. The van der Waals surface area contributed by atoms with E-state index in [9.17, 15) is 4.79 Å². The van der Waals surface area contributed by atoms with Crippen molar-refractivity contribution in [3.63, 3.8) is 0 Å². The van der Waals surface area contributed by atoms with Crippen LogP contribution in [0.15, 0.2) is 91.0 Å². The van der Waals surface area contributed by atoms with E-state index >= 15 is 0 Å². The van der Waals surface area contributed by atoms with Crippen LogP contribution in [-0.2, 0) is 25.0 Å². The van der Waals surface area contributed by atoms with Gasteiger partial charge in [0, 0.05) is 70.0 Å². The molecule has 4 heterocycles. The number of anilines is 1. The summed E-state index contributed by atoms with van der Waals surface area (Å²) in [4.78, 5) is 24.4. The third kappa shape index (κ3) is 8.93. The number of hydrogen-bond acceptors (Lipinski definition) is 8. The van der Waals surface area contributed by atoms with Gasteiger partial charge < -0.3 is 24.0 Å². The van der Waals surface area contributed by atoms with Gasteiger partial charge >= 0.3 is 6.09 Å². The minimum atomic E-state index is -0.468. The van der Waals surface area contributed by atoms with Crippen molar-refractivity contribution in [3.8, 4) is 23.0 Å². The van der Waals surface area contributed by atoms with E-state index in [1.807, 2.05) is 110 Å². The van der Waals surface area contributed by atoms with Gasteiger partial charge in [0.05, 0.1) is 11.1 Å². The molecule has 53 heavy (non-hydrogen) atoms. The van der Waals surface area contributed by atoms with Crippen molar-refractivity contribution < 1.29 is 19.0 Å². The van der Waals surface area contributed by atoms with Crippen LogP contribution in [0.4, 0.5) is 10.5 Å². The second-order valence-electron chi connectivity index (χ2n) is 15.5. The second-order valence-corrected chi connectivity index (χ2v) is 15.5. The number of rotatable bonds is 10. The Balaban J connectivity index is 1.02. The van der Waals surface area contributed by atoms with E-state index in [1.54, 1.807) is 0 Å². The number of pyridine rings is 1. The van der Waals surface area contributed by atoms with Crippen LogP contribution in [-0.4, -0.2) is 82.1 Å². The summed E-state index contributed by atoms with van der Waals surface area (Å²) in [7, 11) is 2.00. The Hall–Kier alpha value is -5.09. The number of hydrogen-bond donors (Lipinski definition) is 0. The second kappa shape index (κ2) is 15.9. The van der Waals surface area contributed by atoms with Crippen LogP contribution in [0.3, 0.4) is 0 Å². The highest BCUT2D eigenvalue weighted by Crippen LogP contribution is 2.37. The Morgan fingerprint density at radius 2 is 1.51 bits per heavy atom. The fourth-order valence-electron chi connectivity index (χ4n) is 7.37. The van der Waals surface area contributed by atoms with Crippen LogP contribution >= 0.6 is 0 Å². The summed E-state index contributed by atoms with van der Waals surface area (Å²) in [6, 6.07) is 30.7. The van der Waals surface area contributed by atoms with Crippen LogP contribution in [0, 0.1) is 11.8 Å². The maximum Gasteiger partial charge on any atom is 0.410 e. The molecule has 2 aromatic heterocycles. The summed E-state index contributed by atoms with van der Waals surface area (Å²) in [6.45, 7) is 15.4. The normalized spacial score (nSPS) is 18.3. The fourth-order valence-corrected chi connectivity index (χ4v) is 7.37. The van der Waals surface area contributed by atoms with Gasteiger partial charge in [0.2, 0.25) is 11.8 Å². The minimum Gasteiger partial charge on any atom is -0.473 e. The van der Waals surface area contributed by atoms with Crippen molar-refractivity contribution in [1.29, 1.82) is 0 Å². The number of carbonyl (C=O) groups is 1. The van der Waals surface area contributed by atoms with Crippen LogP contribution in [0.5, 0.6) is 11.8 Å². The first-order valence-corrected chi connectivity index (χ1v) is 18.9. The number of likely N-dealkylation sites (tertiary alicyclic amines) is 1. The highest BCUT2D eigenvalue weighted by atomic mass is 16.6.